The summed E-state index contributed by atoms with van der Waals surface area (Å²) in [6.07, 6.45) is 5.48. The van der Waals surface area contributed by atoms with Crippen LogP contribution >= 0.6 is 0 Å². The average Bonchev–Trinajstić information content (AvgIpc) is 2.64. The van der Waals surface area contributed by atoms with Gasteiger partial charge >= 0.3 is 0 Å². The van der Waals surface area contributed by atoms with Crippen LogP contribution in [0.25, 0.3) is 16.1 Å². The highest BCUT2D eigenvalue weighted by Gasteiger charge is 2.00. The number of rotatable bonds is 4. The molecule has 0 amide bonds. The largest absolute Gasteiger partial charge is 0.237 e. The molecule has 0 N–H and O–H groups in total. The van der Waals surface area contributed by atoms with E-state index in [0.717, 1.165) is 29.7 Å². The van der Waals surface area contributed by atoms with E-state index in [0.29, 0.717) is 6.54 Å². The Hall–Kier alpha value is -2.07. The van der Waals surface area contributed by atoms with Crippen LogP contribution in [0.1, 0.15) is 17.7 Å². The van der Waals surface area contributed by atoms with Gasteiger partial charge in [-0.3, -0.25) is 0 Å². The second-order valence-electron chi connectivity index (χ2n) is 3.61. The third-order valence-electron chi connectivity index (χ3n) is 2.28. The zero-order valence-electron chi connectivity index (χ0n) is 9.04. The van der Waals surface area contributed by atoms with E-state index in [-0.39, 0.29) is 0 Å². The Kier molecular flexibility index (Phi) is 3.03. The second kappa shape index (κ2) is 4.63. The molecule has 82 valence electrons. The van der Waals surface area contributed by atoms with Gasteiger partial charge < -0.3 is 0 Å². The first-order valence-corrected chi connectivity index (χ1v) is 5.11. The van der Waals surface area contributed by atoms with Crippen LogP contribution in [-0.4, -0.2) is 21.1 Å². The Morgan fingerprint density at radius 3 is 3.25 bits per heavy atom. The van der Waals surface area contributed by atoms with Crippen LogP contribution in [-0.2, 0) is 6.42 Å². The van der Waals surface area contributed by atoms with Gasteiger partial charge in [-0.15, -0.1) is 0 Å². The zero-order valence-corrected chi connectivity index (χ0v) is 9.04. The second-order valence-corrected chi connectivity index (χ2v) is 3.61. The summed E-state index contributed by atoms with van der Waals surface area (Å²) in [6.45, 7) is 2.46. The van der Waals surface area contributed by atoms with Gasteiger partial charge in [-0.1, -0.05) is 5.11 Å². The van der Waals surface area contributed by atoms with Crippen LogP contribution in [0.4, 0.5) is 0 Å². The third-order valence-corrected chi connectivity index (χ3v) is 2.28. The van der Waals surface area contributed by atoms with Gasteiger partial charge in [0.25, 0.3) is 0 Å². The fraction of sp³-hybridized carbons (Fsp3) is 0.400. The van der Waals surface area contributed by atoms with E-state index >= 15 is 0 Å². The number of fused-ring (bicyclic) bond motifs is 1. The molecule has 0 aliphatic heterocycles. The van der Waals surface area contributed by atoms with E-state index in [9.17, 15) is 0 Å². The smallest absolute Gasteiger partial charge is 0.155 e. The number of azide groups is 1. The summed E-state index contributed by atoms with van der Waals surface area (Å²) < 4.78 is 1.78. The first-order valence-electron chi connectivity index (χ1n) is 5.11. The van der Waals surface area contributed by atoms with Crippen molar-refractivity contribution in [2.75, 3.05) is 6.54 Å². The van der Waals surface area contributed by atoms with Crippen molar-refractivity contribution in [1.82, 2.24) is 14.6 Å². The predicted octanol–water partition coefficient (Wildman–Crippen LogP) is 2.28. The van der Waals surface area contributed by atoms with Crippen molar-refractivity contribution >= 4 is 5.65 Å². The normalized spacial score (nSPS) is 10.3. The summed E-state index contributed by atoms with van der Waals surface area (Å²) >= 11 is 0. The minimum atomic E-state index is 0.521. The molecule has 0 saturated carbocycles. The van der Waals surface area contributed by atoms with Crippen LogP contribution in [0.15, 0.2) is 23.6 Å². The Morgan fingerprint density at radius 1 is 1.56 bits per heavy atom. The fourth-order valence-corrected chi connectivity index (χ4v) is 1.56. The van der Waals surface area contributed by atoms with E-state index in [1.165, 1.54) is 0 Å². The summed E-state index contributed by atoms with van der Waals surface area (Å²) in [7, 11) is 0. The SMILES string of the molecule is Cc1cc2ncc(CCCN=[N+]=[N-])cn2n1. The van der Waals surface area contributed by atoms with Crippen molar-refractivity contribution in [3.8, 4) is 0 Å². The molecule has 2 aromatic heterocycles. The number of aromatic nitrogens is 3. The molecule has 16 heavy (non-hydrogen) atoms. The van der Waals surface area contributed by atoms with Crippen LogP contribution in [0, 0.1) is 6.92 Å². The number of nitrogens with zero attached hydrogens (tertiary/aromatic N) is 6. The van der Waals surface area contributed by atoms with Gasteiger partial charge in [-0.05, 0) is 30.9 Å². The number of hydrogen-bond donors (Lipinski definition) is 0. The summed E-state index contributed by atoms with van der Waals surface area (Å²) in [5.74, 6) is 0. The van der Waals surface area contributed by atoms with Gasteiger partial charge in [-0.2, -0.15) is 5.10 Å². The molecule has 2 aromatic rings. The van der Waals surface area contributed by atoms with Crippen LogP contribution in [0.3, 0.4) is 0 Å². The maximum absolute atomic E-state index is 8.14. The quantitative estimate of drug-likeness (QED) is 0.340. The summed E-state index contributed by atoms with van der Waals surface area (Å²) in [4.78, 5) is 7.01. The van der Waals surface area contributed by atoms with Gasteiger partial charge in [-0.25, -0.2) is 9.50 Å². The van der Waals surface area contributed by atoms with E-state index < -0.39 is 0 Å². The Labute approximate surface area is 92.6 Å². The maximum atomic E-state index is 8.14. The highest BCUT2D eigenvalue weighted by molar-refractivity contribution is 5.38. The van der Waals surface area contributed by atoms with Gasteiger partial charge in [0, 0.05) is 29.9 Å². The van der Waals surface area contributed by atoms with Crippen LogP contribution in [0.5, 0.6) is 0 Å². The zero-order chi connectivity index (χ0) is 11.4. The molecule has 0 unspecified atom stereocenters. The molecule has 0 fully saturated rings. The molecule has 0 radical (unpaired) electrons. The van der Waals surface area contributed by atoms with Crippen molar-refractivity contribution < 1.29 is 0 Å². The van der Waals surface area contributed by atoms with Crippen molar-refractivity contribution in [3.63, 3.8) is 0 Å². The third kappa shape index (κ3) is 2.29. The molecule has 0 spiro atoms. The molecular formula is C10H12N6. The summed E-state index contributed by atoms with van der Waals surface area (Å²) in [5.41, 5.74) is 11.1. The van der Waals surface area contributed by atoms with Crippen molar-refractivity contribution in [2.45, 2.75) is 19.8 Å². The monoisotopic (exact) mass is 216 g/mol. The Bertz CT molecular complexity index is 537. The van der Waals surface area contributed by atoms with E-state index in [1.807, 2.05) is 25.4 Å². The summed E-state index contributed by atoms with van der Waals surface area (Å²) in [6, 6.07) is 1.93. The molecule has 2 rings (SSSR count). The first kappa shape index (κ1) is 10.4. The van der Waals surface area contributed by atoms with E-state index in [4.69, 9.17) is 5.53 Å². The minimum absolute atomic E-state index is 0.521. The average molecular weight is 216 g/mol. The lowest BCUT2D eigenvalue weighted by molar-refractivity contribution is 0.805. The highest BCUT2D eigenvalue weighted by Crippen LogP contribution is 2.06. The molecule has 0 aliphatic carbocycles. The molecule has 0 aromatic carbocycles. The number of hydrogen-bond acceptors (Lipinski definition) is 3. The van der Waals surface area contributed by atoms with Gasteiger partial charge in [0.15, 0.2) is 5.65 Å². The lowest BCUT2D eigenvalue weighted by Crippen LogP contribution is -1.95. The Balaban J connectivity index is 2.09. The first-order chi connectivity index (χ1) is 7.79. The number of aryl methyl sites for hydroxylation is 2. The standard InChI is InChI=1S/C10H12N6/c1-8-5-10-12-6-9(7-16(10)14-8)3-2-4-13-15-11/h5-7H,2-4H2,1H3. The molecule has 0 bridgehead atoms. The molecular weight excluding hydrogens is 204 g/mol. The van der Waals surface area contributed by atoms with E-state index in [1.54, 1.807) is 4.52 Å². The lowest BCUT2D eigenvalue weighted by atomic mass is 10.2. The fourth-order valence-electron chi connectivity index (χ4n) is 1.56. The Morgan fingerprint density at radius 2 is 2.44 bits per heavy atom. The van der Waals surface area contributed by atoms with Crippen molar-refractivity contribution in [3.05, 3.63) is 40.2 Å². The molecule has 0 aliphatic rings. The molecule has 0 atom stereocenters. The van der Waals surface area contributed by atoms with Crippen molar-refractivity contribution in [1.29, 1.82) is 0 Å². The topological polar surface area (TPSA) is 79.0 Å². The van der Waals surface area contributed by atoms with E-state index in [2.05, 4.69) is 20.1 Å². The van der Waals surface area contributed by atoms with Gasteiger partial charge in [0.1, 0.15) is 0 Å². The molecule has 0 saturated heterocycles. The molecule has 6 heteroatoms. The van der Waals surface area contributed by atoms with Gasteiger partial charge in [0.2, 0.25) is 0 Å². The van der Waals surface area contributed by atoms with Crippen LogP contribution < -0.4 is 0 Å². The predicted molar refractivity (Wildman–Crippen MR) is 60.1 cm³/mol. The lowest BCUT2D eigenvalue weighted by Gasteiger charge is -1.99. The van der Waals surface area contributed by atoms with Crippen LogP contribution in [0.2, 0.25) is 0 Å². The maximum Gasteiger partial charge on any atom is 0.155 e. The molecule has 6 nitrogen and oxygen atoms in total. The highest BCUT2D eigenvalue weighted by atomic mass is 15.2. The van der Waals surface area contributed by atoms with Gasteiger partial charge in [0.05, 0.1) is 5.69 Å². The van der Waals surface area contributed by atoms with Crippen molar-refractivity contribution in [2.24, 2.45) is 5.11 Å². The minimum Gasteiger partial charge on any atom is -0.237 e. The summed E-state index contributed by atoms with van der Waals surface area (Å²) in [5, 5.41) is 7.78. The molecule has 2 heterocycles.